The van der Waals surface area contributed by atoms with Gasteiger partial charge in [0.2, 0.25) is 0 Å². The summed E-state index contributed by atoms with van der Waals surface area (Å²) in [7, 11) is 0. The van der Waals surface area contributed by atoms with Crippen LogP contribution in [-0.4, -0.2) is 12.3 Å². The molecule has 0 aliphatic carbocycles. The minimum atomic E-state index is -4.85. The first-order chi connectivity index (χ1) is 6.39. The molecule has 5 heteroatoms. The van der Waals surface area contributed by atoms with Crippen LogP contribution >= 0.6 is 0 Å². The fraction of sp³-hybridized carbons (Fsp3) is 0.333. The Morgan fingerprint density at radius 2 is 1.57 bits per heavy atom. The van der Waals surface area contributed by atoms with Crippen molar-refractivity contribution in [2.75, 3.05) is 0 Å². The predicted octanol–water partition coefficient (Wildman–Crippen LogP) is 3.27. The first kappa shape index (κ1) is 10.9. The number of halogens is 5. The van der Waals surface area contributed by atoms with Crippen LogP contribution in [0.15, 0.2) is 24.3 Å². The molecule has 0 bridgehead atoms. The lowest BCUT2D eigenvalue weighted by Gasteiger charge is -2.11. The molecule has 1 unspecified atom stereocenters. The van der Waals surface area contributed by atoms with E-state index in [9.17, 15) is 22.0 Å². The molecular formula is C9H7F5. The van der Waals surface area contributed by atoms with Crippen LogP contribution in [0.2, 0.25) is 0 Å². The van der Waals surface area contributed by atoms with Gasteiger partial charge in [-0.2, -0.15) is 13.2 Å². The third kappa shape index (κ3) is 2.97. The highest BCUT2D eigenvalue weighted by molar-refractivity contribution is 5.17. The molecule has 0 N–H and O–H groups in total. The van der Waals surface area contributed by atoms with E-state index >= 15 is 0 Å². The van der Waals surface area contributed by atoms with Gasteiger partial charge in [-0.05, 0) is 17.7 Å². The van der Waals surface area contributed by atoms with Crippen LogP contribution in [0.4, 0.5) is 22.0 Å². The van der Waals surface area contributed by atoms with E-state index in [1.807, 2.05) is 0 Å². The summed E-state index contributed by atoms with van der Waals surface area (Å²) in [4.78, 5) is 0. The summed E-state index contributed by atoms with van der Waals surface area (Å²) in [6.45, 7) is 0. The van der Waals surface area contributed by atoms with E-state index in [-0.39, 0.29) is 5.56 Å². The predicted molar refractivity (Wildman–Crippen MR) is 41.1 cm³/mol. The molecule has 1 atom stereocenters. The maximum atomic E-state index is 12.5. The standard InChI is InChI=1S/C9H7F5/c10-7-3-1-6(2-4-7)5-8(11)9(12,13)14/h1-4,8H,5H2. The summed E-state index contributed by atoms with van der Waals surface area (Å²) in [5.74, 6) is -0.559. The monoisotopic (exact) mass is 210 g/mol. The van der Waals surface area contributed by atoms with E-state index in [0.29, 0.717) is 0 Å². The normalized spacial score (nSPS) is 14.1. The van der Waals surface area contributed by atoms with Gasteiger partial charge >= 0.3 is 6.18 Å². The molecule has 0 aliphatic heterocycles. The maximum Gasteiger partial charge on any atom is 0.419 e. The second kappa shape index (κ2) is 3.94. The van der Waals surface area contributed by atoms with Crippen molar-refractivity contribution >= 4 is 0 Å². The SMILES string of the molecule is Fc1ccc(CC(F)C(F)(F)F)cc1. The van der Waals surface area contributed by atoms with Crippen LogP contribution in [0.3, 0.4) is 0 Å². The molecule has 0 saturated carbocycles. The zero-order chi connectivity index (χ0) is 10.8. The minimum absolute atomic E-state index is 0.122. The molecule has 0 nitrogen and oxygen atoms in total. The highest BCUT2D eigenvalue weighted by atomic mass is 19.4. The Kier molecular flexibility index (Phi) is 3.08. The number of benzene rings is 1. The summed E-state index contributed by atoms with van der Waals surface area (Å²) in [5.41, 5.74) is 0.122. The summed E-state index contributed by atoms with van der Waals surface area (Å²) < 4.78 is 60.1. The molecule has 0 aliphatic rings. The molecule has 0 heterocycles. The van der Waals surface area contributed by atoms with Gasteiger partial charge < -0.3 is 0 Å². The zero-order valence-electron chi connectivity index (χ0n) is 6.98. The van der Waals surface area contributed by atoms with Crippen LogP contribution in [0.1, 0.15) is 5.56 Å². The highest BCUT2D eigenvalue weighted by Gasteiger charge is 2.39. The van der Waals surface area contributed by atoms with Gasteiger partial charge in [-0.25, -0.2) is 8.78 Å². The highest BCUT2D eigenvalue weighted by Crippen LogP contribution is 2.25. The van der Waals surface area contributed by atoms with E-state index < -0.39 is 24.6 Å². The van der Waals surface area contributed by atoms with Gasteiger partial charge in [0.1, 0.15) is 5.82 Å². The smallest absolute Gasteiger partial charge is 0.237 e. The zero-order valence-corrected chi connectivity index (χ0v) is 6.98. The van der Waals surface area contributed by atoms with Gasteiger partial charge in [-0.3, -0.25) is 0 Å². The Bertz CT molecular complexity index is 287. The van der Waals surface area contributed by atoms with Crippen LogP contribution < -0.4 is 0 Å². The summed E-state index contributed by atoms with van der Waals surface area (Å²) >= 11 is 0. The molecule has 0 aromatic heterocycles. The summed E-state index contributed by atoms with van der Waals surface area (Å²) in [6.07, 6.45) is -8.52. The third-order valence-corrected chi connectivity index (χ3v) is 1.68. The van der Waals surface area contributed by atoms with E-state index in [2.05, 4.69) is 0 Å². The van der Waals surface area contributed by atoms with Gasteiger partial charge in [0.15, 0.2) is 6.17 Å². The van der Waals surface area contributed by atoms with Crippen molar-refractivity contribution in [3.63, 3.8) is 0 Å². The molecule has 0 amide bonds. The van der Waals surface area contributed by atoms with E-state index in [0.717, 1.165) is 24.3 Å². The molecule has 0 saturated heterocycles. The second-order valence-corrected chi connectivity index (χ2v) is 2.84. The van der Waals surface area contributed by atoms with Gasteiger partial charge in [0, 0.05) is 6.42 Å². The fourth-order valence-electron chi connectivity index (χ4n) is 0.943. The Labute approximate surface area is 77.4 Å². The molecule has 0 radical (unpaired) electrons. The quantitative estimate of drug-likeness (QED) is 0.657. The molecule has 14 heavy (non-hydrogen) atoms. The van der Waals surface area contributed by atoms with Gasteiger partial charge in [0.05, 0.1) is 0 Å². The Balaban J connectivity index is 2.65. The van der Waals surface area contributed by atoms with Crippen LogP contribution in [0.5, 0.6) is 0 Å². The summed E-state index contributed by atoms with van der Waals surface area (Å²) in [6, 6.07) is 4.26. The molecule has 78 valence electrons. The number of alkyl halides is 4. The van der Waals surface area contributed by atoms with Crippen LogP contribution in [-0.2, 0) is 6.42 Å². The topological polar surface area (TPSA) is 0 Å². The van der Waals surface area contributed by atoms with Crippen molar-refractivity contribution in [2.24, 2.45) is 0 Å². The van der Waals surface area contributed by atoms with Gasteiger partial charge in [0.25, 0.3) is 0 Å². The molecule has 0 fully saturated rings. The average molecular weight is 210 g/mol. The van der Waals surface area contributed by atoms with E-state index in [1.165, 1.54) is 0 Å². The van der Waals surface area contributed by atoms with Crippen molar-refractivity contribution in [3.05, 3.63) is 35.6 Å². The Morgan fingerprint density at radius 3 is 2.00 bits per heavy atom. The van der Waals surface area contributed by atoms with Crippen LogP contribution in [0, 0.1) is 5.82 Å². The van der Waals surface area contributed by atoms with Crippen molar-refractivity contribution < 1.29 is 22.0 Å². The van der Waals surface area contributed by atoms with Gasteiger partial charge in [-0.1, -0.05) is 12.1 Å². The maximum absolute atomic E-state index is 12.5. The minimum Gasteiger partial charge on any atom is -0.237 e. The van der Waals surface area contributed by atoms with Crippen molar-refractivity contribution in [1.82, 2.24) is 0 Å². The molecule has 1 rings (SSSR count). The Morgan fingerprint density at radius 1 is 1.07 bits per heavy atom. The largest absolute Gasteiger partial charge is 0.419 e. The molecule has 1 aromatic rings. The first-order valence-corrected chi connectivity index (χ1v) is 3.85. The fourth-order valence-corrected chi connectivity index (χ4v) is 0.943. The first-order valence-electron chi connectivity index (χ1n) is 3.85. The molecule has 1 aromatic carbocycles. The third-order valence-electron chi connectivity index (χ3n) is 1.68. The average Bonchev–Trinajstić information content (AvgIpc) is 2.07. The van der Waals surface area contributed by atoms with E-state index in [1.54, 1.807) is 0 Å². The van der Waals surface area contributed by atoms with Crippen molar-refractivity contribution in [3.8, 4) is 0 Å². The van der Waals surface area contributed by atoms with Crippen molar-refractivity contribution in [1.29, 1.82) is 0 Å². The lowest BCUT2D eigenvalue weighted by molar-refractivity contribution is -0.179. The lowest BCUT2D eigenvalue weighted by Crippen LogP contribution is -2.26. The number of hydrogen-bond acceptors (Lipinski definition) is 0. The Hall–Kier alpha value is -1.13. The number of rotatable bonds is 2. The second-order valence-electron chi connectivity index (χ2n) is 2.84. The molecule has 0 spiro atoms. The molecular weight excluding hydrogens is 203 g/mol. The van der Waals surface area contributed by atoms with Gasteiger partial charge in [-0.15, -0.1) is 0 Å². The van der Waals surface area contributed by atoms with Crippen molar-refractivity contribution in [2.45, 2.75) is 18.8 Å². The summed E-state index contributed by atoms with van der Waals surface area (Å²) in [5, 5.41) is 0. The van der Waals surface area contributed by atoms with Crippen LogP contribution in [0.25, 0.3) is 0 Å². The number of hydrogen-bond donors (Lipinski definition) is 0. The van der Waals surface area contributed by atoms with E-state index in [4.69, 9.17) is 0 Å². The lowest BCUT2D eigenvalue weighted by atomic mass is 10.1.